The van der Waals surface area contributed by atoms with Crippen molar-refractivity contribution in [3.8, 4) is 0 Å². The maximum atomic E-state index is 12.4. The molecule has 2 heterocycles. The first-order valence-corrected chi connectivity index (χ1v) is 8.13. The zero-order chi connectivity index (χ0) is 18.6. The third kappa shape index (κ3) is 4.91. The Morgan fingerprint density at radius 2 is 2.08 bits per heavy atom. The topological polar surface area (TPSA) is 97.8 Å². The molecule has 0 saturated carbocycles. The van der Waals surface area contributed by atoms with Gasteiger partial charge in [0.15, 0.2) is 0 Å². The van der Waals surface area contributed by atoms with Crippen molar-refractivity contribution in [1.29, 1.82) is 0 Å². The normalized spacial score (nSPS) is 13.4. The first-order chi connectivity index (χ1) is 11.7. The zero-order valence-corrected chi connectivity index (χ0v) is 14.9. The second kappa shape index (κ2) is 7.50. The lowest BCUT2D eigenvalue weighted by Crippen LogP contribution is -2.38. The van der Waals surface area contributed by atoms with E-state index in [-0.39, 0.29) is 24.8 Å². The lowest BCUT2D eigenvalue weighted by Gasteiger charge is -2.21. The van der Waals surface area contributed by atoms with E-state index in [2.05, 4.69) is 10.3 Å². The maximum Gasteiger partial charge on any atom is 0.407 e. The van der Waals surface area contributed by atoms with Gasteiger partial charge < -0.3 is 19.7 Å². The predicted octanol–water partition coefficient (Wildman–Crippen LogP) is 1.74. The molecule has 25 heavy (non-hydrogen) atoms. The maximum absolute atomic E-state index is 12.4. The molecule has 0 spiro atoms. The van der Waals surface area contributed by atoms with Crippen LogP contribution < -0.4 is 5.32 Å². The van der Waals surface area contributed by atoms with Gasteiger partial charge in [0.1, 0.15) is 11.3 Å². The van der Waals surface area contributed by atoms with E-state index >= 15 is 0 Å². The Labute approximate surface area is 146 Å². The summed E-state index contributed by atoms with van der Waals surface area (Å²) in [5, 5.41) is 2.61. The summed E-state index contributed by atoms with van der Waals surface area (Å²) in [6.07, 6.45) is 0.990. The summed E-state index contributed by atoms with van der Waals surface area (Å²) in [6, 6.07) is 1.46. The van der Waals surface area contributed by atoms with Crippen molar-refractivity contribution >= 4 is 18.0 Å². The highest BCUT2D eigenvalue weighted by atomic mass is 16.6. The van der Waals surface area contributed by atoms with Gasteiger partial charge in [-0.1, -0.05) is 0 Å². The summed E-state index contributed by atoms with van der Waals surface area (Å²) in [5.41, 5.74) is 0.729. The number of aromatic nitrogens is 1. The number of ether oxygens (including phenoxy) is 2. The number of amides is 2. The van der Waals surface area contributed by atoms with Gasteiger partial charge in [-0.25, -0.2) is 14.6 Å². The van der Waals surface area contributed by atoms with Gasteiger partial charge in [0.25, 0.3) is 5.91 Å². The highest BCUT2D eigenvalue weighted by molar-refractivity contribution is 6.00. The molecule has 1 aliphatic heterocycles. The van der Waals surface area contributed by atoms with Crippen LogP contribution in [0.1, 0.15) is 54.1 Å². The number of hydrogen-bond donors (Lipinski definition) is 1. The third-order valence-electron chi connectivity index (χ3n) is 3.40. The Kier molecular flexibility index (Phi) is 5.61. The largest absolute Gasteiger partial charge is 0.461 e. The number of carbonyl (C=O) groups excluding carboxylic acids is 3. The van der Waals surface area contributed by atoms with Gasteiger partial charge in [0, 0.05) is 37.0 Å². The fraction of sp³-hybridized carbons (Fsp3) is 0.529. The molecule has 1 aromatic heterocycles. The average molecular weight is 349 g/mol. The average Bonchev–Trinajstić information content (AvgIpc) is 2.82. The van der Waals surface area contributed by atoms with Crippen LogP contribution in [0.4, 0.5) is 4.79 Å². The summed E-state index contributed by atoms with van der Waals surface area (Å²) in [7, 11) is 0. The molecular formula is C17H23N3O5. The van der Waals surface area contributed by atoms with Crippen LogP contribution in [-0.4, -0.2) is 53.2 Å². The standard InChI is InChI=1S/C17H23N3O5/c1-5-24-15(22)13-8-12-11(9-19-13)10-20(14(12)21)7-6-18-16(23)25-17(2,3)4/h8-9H,5-7,10H2,1-4H3,(H,18,23). The predicted molar refractivity (Wildman–Crippen MR) is 89.2 cm³/mol. The van der Waals surface area contributed by atoms with Gasteiger partial charge in [-0.15, -0.1) is 0 Å². The minimum Gasteiger partial charge on any atom is -0.461 e. The summed E-state index contributed by atoms with van der Waals surface area (Å²) in [6.45, 7) is 8.28. The molecule has 8 nitrogen and oxygen atoms in total. The number of esters is 1. The number of rotatable bonds is 5. The van der Waals surface area contributed by atoms with Crippen LogP contribution in [0.5, 0.6) is 0 Å². The monoisotopic (exact) mass is 349 g/mol. The van der Waals surface area contributed by atoms with Crippen molar-refractivity contribution < 1.29 is 23.9 Å². The second-order valence-corrected chi connectivity index (χ2v) is 6.60. The SMILES string of the molecule is CCOC(=O)c1cc2c(cn1)CN(CCNC(=O)OC(C)(C)C)C2=O. The van der Waals surface area contributed by atoms with E-state index in [0.29, 0.717) is 18.7 Å². The molecule has 0 aromatic carbocycles. The first-order valence-electron chi connectivity index (χ1n) is 8.13. The molecule has 1 N–H and O–H groups in total. The second-order valence-electron chi connectivity index (χ2n) is 6.60. The molecule has 0 unspecified atom stereocenters. The van der Waals surface area contributed by atoms with Gasteiger partial charge in [-0.2, -0.15) is 0 Å². The highest BCUT2D eigenvalue weighted by Crippen LogP contribution is 2.22. The molecule has 136 valence electrons. The summed E-state index contributed by atoms with van der Waals surface area (Å²) in [4.78, 5) is 41.4. The molecule has 0 aliphatic carbocycles. The minimum absolute atomic E-state index is 0.114. The van der Waals surface area contributed by atoms with Crippen molar-refractivity contribution in [2.45, 2.75) is 39.8 Å². The van der Waals surface area contributed by atoms with E-state index < -0.39 is 17.7 Å². The van der Waals surface area contributed by atoms with Gasteiger partial charge in [-0.05, 0) is 33.8 Å². The highest BCUT2D eigenvalue weighted by Gasteiger charge is 2.29. The van der Waals surface area contributed by atoms with Crippen LogP contribution in [0.25, 0.3) is 0 Å². The molecular weight excluding hydrogens is 326 g/mol. The summed E-state index contributed by atoms with van der Waals surface area (Å²) >= 11 is 0. The van der Waals surface area contributed by atoms with Crippen molar-refractivity contribution in [3.63, 3.8) is 0 Å². The van der Waals surface area contributed by atoms with E-state index in [1.807, 2.05) is 0 Å². The Hall–Kier alpha value is -2.64. The van der Waals surface area contributed by atoms with Crippen LogP contribution in [0.2, 0.25) is 0 Å². The molecule has 1 aromatic rings. The van der Waals surface area contributed by atoms with Crippen LogP contribution in [0.3, 0.4) is 0 Å². The molecule has 0 fully saturated rings. The van der Waals surface area contributed by atoms with E-state index in [1.54, 1.807) is 32.6 Å². The van der Waals surface area contributed by atoms with E-state index in [1.165, 1.54) is 12.3 Å². The van der Waals surface area contributed by atoms with Crippen molar-refractivity contribution in [2.75, 3.05) is 19.7 Å². The molecule has 0 bridgehead atoms. The Balaban J connectivity index is 1.92. The van der Waals surface area contributed by atoms with Gasteiger partial charge in [-0.3, -0.25) is 4.79 Å². The van der Waals surface area contributed by atoms with E-state index in [0.717, 1.165) is 5.56 Å². The van der Waals surface area contributed by atoms with Gasteiger partial charge in [0.2, 0.25) is 0 Å². The van der Waals surface area contributed by atoms with Crippen molar-refractivity contribution in [3.05, 3.63) is 29.1 Å². The van der Waals surface area contributed by atoms with Crippen LogP contribution in [0, 0.1) is 0 Å². The van der Waals surface area contributed by atoms with Crippen molar-refractivity contribution in [2.24, 2.45) is 0 Å². The lowest BCUT2D eigenvalue weighted by molar-refractivity contribution is 0.0507. The molecule has 0 radical (unpaired) electrons. The number of fused-ring (bicyclic) bond motifs is 1. The van der Waals surface area contributed by atoms with Crippen molar-refractivity contribution in [1.82, 2.24) is 15.2 Å². The van der Waals surface area contributed by atoms with Crippen LogP contribution in [0.15, 0.2) is 12.3 Å². The zero-order valence-electron chi connectivity index (χ0n) is 14.9. The third-order valence-corrected chi connectivity index (χ3v) is 3.40. The smallest absolute Gasteiger partial charge is 0.407 e. The number of hydrogen-bond acceptors (Lipinski definition) is 6. The van der Waals surface area contributed by atoms with Crippen LogP contribution in [-0.2, 0) is 16.0 Å². The Bertz CT molecular complexity index is 681. The lowest BCUT2D eigenvalue weighted by atomic mass is 10.1. The molecule has 2 amide bonds. The number of alkyl carbamates (subject to hydrolysis) is 1. The Morgan fingerprint density at radius 3 is 2.72 bits per heavy atom. The minimum atomic E-state index is -0.570. The van der Waals surface area contributed by atoms with E-state index in [4.69, 9.17) is 9.47 Å². The van der Waals surface area contributed by atoms with Gasteiger partial charge >= 0.3 is 12.1 Å². The molecule has 0 atom stereocenters. The summed E-state index contributed by atoms with van der Waals surface area (Å²) in [5.74, 6) is -0.753. The quantitative estimate of drug-likeness (QED) is 0.813. The molecule has 2 rings (SSSR count). The molecule has 1 aliphatic rings. The van der Waals surface area contributed by atoms with Crippen LogP contribution >= 0.6 is 0 Å². The fourth-order valence-electron chi connectivity index (χ4n) is 2.36. The number of carbonyl (C=O) groups is 3. The number of nitrogens with zero attached hydrogens (tertiary/aromatic N) is 2. The summed E-state index contributed by atoms with van der Waals surface area (Å²) < 4.78 is 10.0. The van der Waals surface area contributed by atoms with Gasteiger partial charge in [0.05, 0.1) is 6.61 Å². The first kappa shape index (κ1) is 18.7. The number of nitrogens with one attached hydrogen (secondary N) is 1. The van der Waals surface area contributed by atoms with E-state index in [9.17, 15) is 14.4 Å². The fourth-order valence-corrected chi connectivity index (χ4v) is 2.36. The Morgan fingerprint density at radius 1 is 1.36 bits per heavy atom. The number of pyridine rings is 1. The molecule has 8 heteroatoms. The molecule has 0 saturated heterocycles.